The molecule has 35 heavy (non-hydrogen) atoms. The van der Waals surface area contributed by atoms with E-state index in [1.54, 1.807) is 29.2 Å². The SMILES string of the molecule is O=C(NC1C[C@@H]2CC[C@H]1[C@@H](C(=O)O)N2C(=O)C(c1ccccc1)c1ccccc1)c1ccccc1. The van der Waals surface area contributed by atoms with E-state index >= 15 is 0 Å². The zero-order valence-electron chi connectivity index (χ0n) is 19.3. The molecule has 2 heterocycles. The Morgan fingerprint density at radius 1 is 0.800 bits per heavy atom. The van der Waals surface area contributed by atoms with Gasteiger partial charge in [0.2, 0.25) is 5.91 Å². The number of carboxylic acids is 1. The first-order valence-corrected chi connectivity index (χ1v) is 12.1. The largest absolute Gasteiger partial charge is 0.480 e. The minimum atomic E-state index is -1.02. The monoisotopic (exact) mass is 468 g/mol. The normalized spacial score (nSPS) is 23.2. The molecule has 0 aromatic heterocycles. The molecule has 3 aliphatic rings. The van der Waals surface area contributed by atoms with Gasteiger partial charge in [0, 0.05) is 23.6 Å². The average Bonchev–Trinajstić information content (AvgIpc) is 2.90. The van der Waals surface area contributed by atoms with Crippen LogP contribution in [-0.4, -0.2) is 45.9 Å². The number of amides is 2. The number of nitrogens with one attached hydrogen (secondary N) is 1. The van der Waals surface area contributed by atoms with E-state index in [4.69, 9.17) is 0 Å². The van der Waals surface area contributed by atoms with Crippen LogP contribution in [0, 0.1) is 5.92 Å². The van der Waals surface area contributed by atoms with Crippen LogP contribution in [0.15, 0.2) is 91.0 Å². The van der Waals surface area contributed by atoms with Crippen molar-refractivity contribution in [2.24, 2.45) is 5.92 Å². The minimum Gasteiger partial charge on any atom is -0.480 e. The highest BCUT2D eigenvalue weighted by Crippen LogP contribution is 2.42. The second kappa shape index (κ2) is 9.74. The zero-order valence-corrected chi connectivity index (χ0v) is 19.3. The second-order valence-corrected chi connectivity index (χ2v) is 9.36. The van der Waals surface area contributed by atoms with Crippen LogP contribution in [-0.2, 0) is 9.59 Å². The van der Waals surface area contributed by atoms with Gasteiger partial charge in [0.05, 0.1) is 5.92 Å². The molecule has 1 saturated carbocycles. The van der Waals surface area contributed by atoms with Crippen molar-refractivity contribution in [2.75, 3.05) is 0 Å². The molecule has 3 fully saturated rings. The standard InChI is InChI=1S/C29H28N2O4/c32-27(21-14-8-3-9-15-21)30-24-18-22-16-17-23(24)26(29(34)35)31(22)28(33)25(19-10-4-1-5-11-19)20-12-6-2-7-13-20/h1-15,22-26H,16-18H2,(H,30,32)(H,34,35)/t22-,23+,24?,26-/m0/s1. The van der Waals surface area contributed by atoms with Gasteiger partial charge < -0.3 is 15.3 Å². The van der Waals surface area contributed by atoms with E-state index in [0.717, 1.165) is 17.5 Å². The zero-order chi connectivity index (χ0) is 24.4. The topological polar surface area (TPSA) is 86.7 Å². The fraction of sp³-hybridized carbons (Fsp3) is 0.276. The molecule has 6 heteroatoms. The quantitative estimate of drug-likeness (QED) is 0.571. The Hall–Kier alpha value is -3.93. The maximum atomic E-state index is 14.1. The number of carbonyl (C=O) groups is 3. The fourth-order valence-electron chi connectivity index (χ4n) is 5.78. The van der Waals surface area contributed by atoms with Crippen LogP contribution in [0.25, 0.3) is 0 Å². The average molecular weight is 469 g/mol. The number of carbonyl (C=O) groups excluding carboxylic acids is 2. The van der Waals surface area contributed by atoms with E-state index in [1.165, 1.54) is 0 Å². The van der Waals surface area contributed by atoms with E-state index in [0.29, 0.717) is 18.4 Å². The van der Waals surface area contributed by atoms with Gasteiger partial charge in [-0.15, -0.1) is 0 Å². The number of fused-ring (bicyclic) bond motifs is 3. The maximum absolute atomic E-state index is 14.1. The van der Waals surface area contributed by atoms with Crippen LogP contribution >= 0.6 is 0 Å². The molecule has 2 bridgehead atoms. The van der Waals surface area contributed by atoms with Gasteiger partial charge in [-0.05, 0) is 42.5 Å². The maximum Gasteiger partial charge on any atom is 0.326 e. The van der Waals surface area contributed by atoms with Crippen LogP contribution in [0.5, 0.6) is 0 Å². The first kappa shape index (κ1) is 22.8. The molecule has 6 rings (SSSR count). The van der Waals surface area contributed by atoms with Gasteiger partial charge in [-0.1, -0.05) is 78.9 Å². The van der Waals surface area contributed by atoms with Gasteiger partial charge in [0.1, 0.15) is 6.04 Å². The van der Waals surface area contributed by atoms with Crippen molar-refractivity contribution in [3.8, 4) is 0 Å². The third-order valence-electron chi connectivity index (χ3n) is 7.35. The number of hydrogen-bond acceptors (Lipinski definition) is 3. The molecule has 0 spiro atoms. The molecule has 1 unspecified atom stereocenters. The Morgan fingerprint density at radius 3 is 1.89 bits per heavy atom. The summed E-state index contributed by atoms with van der Waals surface area (Å²) in [5.41, 5.74) is 2.22. The Labute approximate surface area is 204 Å². The van der Waals surface area contributed by atoms with Crippen LogP contribution in [0.3, 0.4) is 0 Å². The summed E-state index contributed by atoms with van der Waals surface area (Å²) in [6, 6.07) is 26.4. The summed E-state index contributed by atoms with van der Waals surface area (Å²) in [5, 5.41) is 13.3. The molecule has 3 aromatic carbocycles. The lowest BCUT2D eigenvalue weighted by Gasteiger charge is -2.54. The molecular weight excluding hydrogens is 440 g/mol. The Bertz CT molecular complexity index is 1160. The van der Waals surface area contributed by atoms with Crippen LogP contribution in [0.1, 0.15) is 46.7 Å². The van der Waals surface area contributed by atoms with E-state index in [-0.39, 0.29) is 29.8 Å². The lowest BCUT2D eigenvalue weighted by atomic mass is 9.70. The van der Waals surface area contributed by atoms with Crippen LogP contribution in [0.2, 0.25) is 0 Å². The number of rotatable bonds is 6. The van der Waals surface area contributed by atoms with Crippen molar-refractivity contribution in [2.45, 2.75) is 43.3 Å². The molecule has 0 radical (unpaired) electrons. The van der Waals surface area contributed by atoms with Crippen molar-refractivity contribution in [3.63, 3.8) is 0 Å². The van der Waals surface area contributed by atoms with E-state index in [1.807, 2.05) is 66.7 Å². The van der Waals surface area contributed by atoms with Crippen molar-refractivity contribution in [1.29, 1.82) is 0 Å². The highest BCUT2D eigenvalue weighted by atomic mass is 16.4. The molecule has 2 aliphatic heterocycles. The van der Waals surface area contributed by atoms with Gasteiger partial charge in [0.25, 0.3) is 5.91 Å². The van der Waals surface area contributed by atoms with Gasteiger partial charge in [-0.25, -0.2) is 4.79 Å². The van der Waals surface area contributed by atoms with E-state index in [9.17, 15) is 19.5 Å². The lowest BCUT2D eigenvalue weighted by molar-refractivity contribution is -0.165. The minimum absolute atomic E-state index is 0.197. The van der Waals surface area contributed by atoms with Gasteiger partial charge >= 0.3 is 5.97 Å². The van der Waals surface area contributed by atoms with Crippen molar-refractivity contribution in [3.05, 3.63) is 108 Å². The third-order valence-corrected chi connectivity index (χ3v) is 7.35. The molecule has 2 saturated heterocycles. The van der Waals surface area contributed by atoms with E-state index < -0.39 is 17.9 Å². The Kier molecular flexibility index (Phi) is 6.36. The number of aliphatic carboxylic acids is 1. The number of benzene rings is 3. The van der Waals surface area contributed by atoms with Crippen LogP contribution in [0.4, 0.5) is 0 Å². The highest BCUT2D eigenvalue weighted by Gasteiger charge is 2.53. The molecule has 178 valence electrons. The smallest absolute Gasteiger partial charge is 0.326 e. The van der Waals surface area contributed by atoms with Crippen LogP contribution < -0.4 is 5.32 Å². The molecule has 2 N–H and O–H groups in total. The van der Waals surface area contributed by atoms with E-state index in [2.05, 4.69) is 5.32 Å². The van der Waals surface area contributed by atoms with Crippen molar-refractivity contribution < 1.29 is 19.5 Å². The molecule has 2 amide bonds. The summed E-state index contributed by atoms with van der Waals surface area (Å²) in [5.74, 6) is -2.36. The Balaban J connectivity index is 1.45. The number of piperidine rings is 2. The highest BCUT2D eigenvalue weighted by molar-refractivity contribution is 5.95. The predicted octanol–water partition coefficient (Wildman–Crippen LogP) is 4.08. The molecule has 4 atom stereocenters. The molecule has 3 aromatic rings. The second-order valence-electron chi connectivity index (χ2n) is 9.36. The van der Waals surface area contributed by atoms with Crippen molar-refractivity contribution >= 4 is 17.8 Å². The third kappa shape index (κ3) is 4.44. The first-order valence-electron chi connectivity index (χ1n) is 12.1. The molecule has 6 nitrogen and oxygen atoms in total. The Morgan fingerprint density at radius 2 is 1.34 bits per heavy atom. The van der Waals surface area contributed by atoms with Gasteiger partial charge in [-0.3, -0.25) is 9.59 Å². The lowest BCUT2D eigenvalue weighted by Crippen LogP contribution is -2.68. The van der Waals surface area contributed by atoms with Gasteiger partial charge in [-0.2, -0.15) is 0 Å². The summed E-state index contributed by atoms with van der Waals surface area (Å²) in [4.78, 5) is 41.1. The summed E-state index contributed by atoms with van der Waals surface area (Å²) < 4.78 is 0. The first-order chi connectivity index (χ1) is 17.0. The summed E-state index contributed by atoms with van der Waals surface area (Å²) in [6.07, 6.45) is 1.94. The predicted molar refractivity (Wildman–Crippen MR) is 132 cm³/mol. The molecular formula is C29H28N2O4. The van der Waals surface area contributed by atoms with Gasteiger partial charge in [0.15, 0.2) is 0 Å². The summed E-state index contributed by atoms with van der Waals surface area (Å²) in [6.45, 7) is 0. The summed E-state index contributed by atoms with van der Waals surface area (Å²) >= 11 is 0. The molecule has 1 aliphatic carbocycles. The van der Waals surface area contributed by atoms with Crippen molar-refractivity contribution in [1.82, 2.24) is 10.2 Å². The number of carboxylic acid groups (broad SMARTS) is 1. The number of hydrogen-bond donors (Lipinski definition) is 2. The fourth-order valence-corrected chi connectivity index (χ4v) is 5.78. The summed E-state index contributed by atoms with van der Waals surface area (Å²) in [7, 11) is 0. The number of nitrogens with zero attached hydrogens (tertiary/aromatic N) is 1.